The molecule has 1 saturated heterocycles. The van der Waals surface area contributed by atoms with Crippen LogP contribution in [0.15, 0.2) is 24.3 Å². The maximum absolute atomic E-state index is 13.2. The molecule has 1 aromatic carbocycles. The third kappa shape index (κ3) is 3.52. The number of hydrogen-bond acceptors (Lipinski definition) is 5. The number of hydrogen-bond donors (Lipinski definition) is 1. The van der Waals surface area contributed by atoms with Crippen LogP contribution in [0.1, 0.15) is 37.7 Å². The lowest BCUT2D eigenvalue weighted by atomic mass is 9.46. The van der Waals surface area contributed by atoms with Gasteiger partial charge in [0, 0.05) is 17.1 Å². The second kappa shape index (κ2) is 6.84. The highest BCUT2D eigenvalue weighted by molar-refractivity contribution is 7.52. The van der Waals surface area contributed by atoms with Crippen LogP contribution >= 0.6 is 19.2 Å². The summed E-state index contributed by atoms with van der Waals surface area (Å²) in [6.45, 7) is -0.498. The zero-order valence-corrected chi connectivity index (χ0v) is 18.4. The maximum Gasteiger partial charge on any atom is 0.411 e. The van der Waals surface area contributed by atoms with E-state index in [1.807, 2.05) is 0 Å². The number of benzene rings is 1. The highest BCUT2D eigenvalue weighted by Gasteiger charge is 2.78. The molecule has 1 heterocycles. The van der Waals surface area contributed by atoms with Gasteiger partial charge in [-0.25, -0.2) is 9.45 Å². The standard InChI is InChI=1S/C20H23ClF3O6P/c1-31(25,26)28-16-4-2-3-13(7-16)20(27-11-18(22,23)24)19(29-30-20)14-5-12-6-15(19)10-17(21,8-12)9-14/h2-4,7,12,14-15H,5-6,8-11H2,1H3,(H,25,26). The van der Waals surface area contributed by atoms with Crippen molar-refractivity contribution in [2.24, 2.45) is 17.8 Å². The van der Waals surface area contributed by atoms with Gasteiger partial charge < -0.3 is 14.2 Å². The fourth-order valence-electron chi connectivity index (χ4n) is 6.39. The van der Waals surface area contributed by atoms with E-state index in [0.717, 1.165) is 25.9 Å². The molecule has 6 nitrogen and oxygen atoms in total. The zero-order valence-electron chi connectivity index (χ0n) is 16.7. The van der Waals surface area contributed by atoms with Crippen LogP contribution in [0.3, 0.4) is 0 Å². The molecule has 6 rings (SSSR count). The van der Waals surface area contributed by atoms with E-state index < -0.39 is 31.8 Å². The molecular weight excluding hydrogens is 460 g/mol. The number of rotatable bonds is 5. The summed E-state index contributed by atoms with van der Waals surface area (Å²) in [6.07, 6.45) is -0.894. The Labute approximate surface area is 182 Å². The van der Waals surface area contributed by atoms with Crippen LogP contribution in [0.2, 0.25) is 0 Å². The maximum atomic E-state index is 13.2. The van der Waals surface area contributed by atoms with E-state index >= 15 is 0 Å². The molecule has 1 N–H and O–H groups in total. The lowest BCUT2D eigenvalue weighted by molar-refractivity contribution is -0.650. The van der Waals surface area contributed by atoms with E-state index in [0.29, 0.717) is 18.8 Å². The predicted molar refractivity (Wildman–Crippen MR) is 104 cm³/mol. The van der Waals surface area contributed by atoms with Gasteiger partial charge in [0.25, 0.3) is 5.79 Å². The fraction of sp³-hybridized carbons (Fsp3) is 0.700. The topological polar surface area (TPSA) is 74.2 Å². The molecule has 11 heteroatoms. The Bertz CT molecular complexity index is 920. The van der Waals surface area contributed by atoms with Crippen molar-refractivity contribution in [1.29, 1.82) is 0 Å². The summed E-state index contributed by atoms with van der Waals surface area (Å²) >= 11 is 6.83. The lowest BCUT2D eigenvalue weighted by Crippen LogP contribution is -2.78. The van der Waals surface area contributed by atoms with E-state index in [-0.39, 0.29) is 28.0 Å². The summed E-state index contributed by atoms with van der Waals surface area (Å²) in [7, 11) is -3.87. The van der Waals surface area contributed by atoms with Gasteiger partial charge in [-0.2, -0.15) is 18.1 Å². The van der Waals surface area contributed by atoms with E-state index in [2.05, 4.69) is 0 Å². The molecule has 4 atom stereocenters. The van der Waals surface area contributed by atoms with Gasteiger partial charge in [-0.05, 0) is 62.0 Å². The molecule has 4 aliphatic carbocycles. The molecule has 1 aliphatic heterocycles. The molecular formula is C20H23ClF3O6P. The Kier molecular flexibility index (Phi) is 4.85. The molecule has 4 saturated carbocycles. The van der Waals surface area contributed by atoms with Crippen molar-refractivity contribution in [3.05, 3.63) is 29.8 Å². The Hall–Kier alpha value is -0.830. The molecule has 0 amide bonds. The van der Waals surface area contributed by atoms with Crippen molar-refractivity contribution in [2.45, 2.75) is 54.5 Å². The van der Waals surface area contributed by atoms with Gasteiger partial charge in [0.15, 0.2) is 5.60 Å². The molecule has 1 aromatic rings. The zero-order chi connectivity index (χ0) is 22.3. The summed E-state index contributed by atoms with van der Waals surface area (Å²) in [5, 5.41) is 0. The SMILES string of the molecule is CP(=O)(O)Oc1cccc(C2(OCC(F)(F)F)OOC23C2CC4CC3CC(Cl)(C4)C2)c1. The number of alkyl halides is 4. The van der Waals surface area contributed by atoms with Crippen molar-refractivity contribution in [3.8, 4) is 5.75 Å². The minimum Gasteiger partial charge on any atom is -0.425 e. The Morgan fingerprint density at radius 3 is 2.42 bits per heavy atom. The number of halogens is 4. The molecule has 0 radical (unpaired) electrons. The first-order chi connectivity index (χ1) is 14.3. The van der Waals surface area contributed by atoms with Gasteiger partial charge in [0.2, 0.25) is 0 Å². The Morgan fingerprint density at radius 2 is 1.90 bits per heavy atom. The van der Waals surface area contributed by atoms with Gasteiger partial charge in [-0.15, -0.1) is 11.6 Å². The molecule has 4 bridgehead atoms. The lowest BCUT2D eigenvalue weighted by Gasteiger charge is -2.70. The normalized spacial score (nSPS) is 43.0. The summed E-state index contributed by atoms with van der Waals surface area (Å²) < 4.78 is 61.9. The van der Waals surface area contributed by atoms with Crippen LogP contribution in [-0.4, -0.2) is 34.8 Å². The second-order valence-corrected chi connectivity index (χ2v) is 12.0. The first kappa shape index (κ1) is 22.0. The van der Waals surface area contributed by atoms with Crippen LogP contribution in [0.4, 0.5) is 13.2 Å². The molecule has 31 heavy (non-hydrogen) atoms. The largest absolute Gasteiger partial charge is 0.425 e. The Morgan fingerprint density at radius 1 is 1.23 bits per heavy atom. The van der Waals surface area contributed by atoms with Crippen molar-refractivity contribution in [3.63, 3.8) is 0 Å². The average Bonchev–Trinajstić information content (AvgIpc) is 2.57. The van der Waals surface area contributed by atoms with Crippen molar-refractivity contribution >= 4 is 19.2 Å². The highest BCUT2D eigenvalue weighted by Crippen LogP contribution is 2.71. The minimum atomic E-state index is -4.58. The molecule has 4 unspecified atom stereocenters. The smallest absolute Gasteiger partial charge is 0.411 e. The summed E-state index contributed by atoms with van der Waals surface area (Å²) in [6, 6.07) is 5.92. The van der Waals surface area contributed by atoms with Crippen molar-refractivity contribution in [2.75, 3.05) is 13.3 Å². The van der Waals surface area contributed by atoms with Crippen LogP contribution in [0.5, 0.6) is 5.75 Å². The summed E-state index contributed by atoms with van der Waals surface area (Å²) in [4.78, 5) is 20.4. The number of ether oxygens (including phenoxy) is 1. The van der Waals surface area contributed by atoms with Crippen molar-refractivity contribution < 1.29 is 41.7 Å². The van der Waals surface area contributed by atoms with E-state index in [1.165, 1.54) is 18.2 Å². The third-order valence-corrected chi connectivity index (χ3v) is 8.08. The highest BCUT2D eigenvalue weighted by atomic mass is 35.5. The van der Waals surface area contributed by atoms with Gasteiger partial charge in [-0.3, -0.25) is 0 Å². The van der Waals surface area contributed by atoms with Crippen LogP contribution in [0, 0.1) is 17.8 Å². The second-order valence-electron chi connectivity index (χ2n) is 9.40. The van der Waals surface area contributed by atoms with E-state index in [9.17, 15) is 22.6 Å². The van der Waals surface area contributed by atoms with E-state index in [4.69, 9.17) is 30.6 Å². The molecule has 5 aliphatic rings. The van der Waals surface area contributed by atoms with Gasteiger partial charge in [-0.1, -0.05) is 12.1 Å². The van der Waals surface area contributed by atoms with Crippen LogP contribution in [-0.2, 0) is 24.9 Å². The van der Waals surface area contributed by atoms with Crippen LogP contribution < -0.4 is 4.52 Å². The summed E-state index contributed by atoms with van der Waals surface area (Å²) in [5.74, 6) is -1.63. The molecule has 5 fully saturated rings. The van der Waals surface area contributed by atoms with Gasteiger partial charge in [0.05, 0.1) is 0 Å². The fourth-order valence-corrected chi connectivity index (χ4v) is 7.48. The quantitative estimate of drug-likeness (QED) is 0.356. The summed E-state index contributed by atoms with van der Waals surface area (Å²) in [5.41, 5.74) is -0.855. The van der Waals surface area contributed by atoms with Crippen LogP contribution in [0.25, 0.3) is 0 Å². The minimum absolute atomic E-state index is 0.0316. The van der Waals surface area contributed by atoms with Crippen molar-refractivity contribution in [1.82, 2.24) is 0 Å². The van der Waals surface area contributed by atoms with Gasteiger partial charge in [0.1, 0.15) is 12.4 Å². The molecule has 0 aromatic heterocycles. The monoisotopic (exact) mass is 482 g/mol. The average molecular weight is 483 g/mol. The Balaban J connectivity index is 1.57. The van der Waals surface area contributed by atoms with E-state index in [1.54, 1.807) is 6.07 Å². The first-order valence-corrected chi connectivity index (χ1v) is 12.6. The molecule has 1 spiro atoms. The predicted octanol–water partition coefficient (Wildman–Crippen LogP) is 5.13. The first-order valence-electron chi connectivity index (χ1n) is 10.2. The van der Waals surface area contributed by atoms with Gasteiger partial charge >= 0.3 is 13.8 Å². The molecule has 172 valence electrons. The third-order valence-electron chi connectivity index (χ3n) is 7.07.